The summed E-state index contributed by atoms with van der Waals surface area (Å²) in [6, 6.07) is 13.0. The molecule has 3 heterocycles. The van der Waals surface area contributed by atoms with Crippen LogP contribution in [0.15, 0.2) is 47.0 Å². The summed E-state index contributed by atoms with van der Waals surface area (Å²) in [7, 11) is 2.99. The molecule has 2 aromatic heterocycles. The van der Waals surface area contributed by atoms with Crippen molar-refractivity contribution in [3.05, 3.63) is 53.9 Å². The van der Waals surface area contributed by atoms with Gasteiger partial charge in [-0.1, -0.05) is 23.4 Å². The highest BCUT2D eigenvalue weighted by atomic mass is 16.5. The first kappa shape index (κ1) is 19.8. The average molecular weight is 409 g/mol. The van der Waals surface area contributed by atoms with Crippen molar-refractivity contribution in [3.63, 3.8) is 0 Å². The van der Waals surface area contributed by atoms with Crippen molar-refractivity contribution in [2.75, 3.05) is 27.3 Å². The largest absolute Gasteiger partial charge is 0.481 e. The van der Waals surface area contributed by atoms with Crippen LogP contribution in [0, 0.1) is 0 Å². The lowest BCUT2D eigenvalue weighted by atomic mass is 10.2. The maximum atomic E-state index is 12.7. The number of nitrogens with zero attached hydrogens (tertiary/aromatic N) is 4. The Morgan fingerprint density at radius 3 is 2.77 bits per heavy atom. The van der Waals surface area contributed by atoms with Crippen molar-refractivity contribution in [3.8, 4) is 23.2 Å². The van der Waals surface area contributed by atoms with Crippen LogP contribution in [0.4, 0.5) is 0 Å². The third kappa shape index (κ3) is 4.41. The number of aromatic nitrogens is 3. The monoisotopic (exact) mass is 409 g/mol. The van der Waals surface area contributed by atoms with E-state index in [1.165, 1.54) is 14.2 Å². The van der Waals surface area contributed by atoms with Crippen LogP contribution in [0.3, 0.4) is 0 Å². The predicted molar refractivity (Wildman–Crippen MR) is 108 cm³/mol. The molecule has 1 saturated heterocycles. The summed E-state index contributed by atoms with van der Waals surface area (Å²) in [5, 5.41) is 7.13. The second-order valence-corrected chi connectivity index (χ2v) is 6.99. The first-order chi connectivity index (χ1) is 14.7. The van der Waals surface area contributed by atoms with Gasteiger partial charge in [0.1, 0.15) is 5.56 Å². The van der Waals surface area contributed by atoms with Crippen LogP contribution in [-0.4, -0.2) is 59.3 Å². The Kier molecular flexibility index (Phi) is 5.89. The normalized spacial score (nSPS) is 16.4. The number of methoxy groups -OCH3 is 2. The second-order valence-electron chi connectivity index (χ2n) is 6.99. The van der Waals surface area contributed by atoms with Gasteiger partial charge in [-0.25, -0.2) is 0 Å². The minimum atomic E-state index is -0.222. The van der Waals surface area contributed by atoms with Gasteiger partial charge < -0.3 is 19.3 Å². The molecule has 4 rings (SSSR count). The Hall–Kier alpha value is -3.46. The van der Waals surface area contributed by atoms with Crippen LogP contribution >= 0.6 is 0 Å². The first-order valence-electron chi connectivity index (χ1n) is 9.66. The summed E-state index contributed by atoms with van der Waals surface area (Å²) in [4.78, 5) is 23.5. The lowest BCUT2D eigenvalue weighted by Gasteiger charge is -2.16. The number of likely N-dealkylation sites (tertiary alicyclic amines) is 1. The Morgan fingerprint density at radius 2 is 2.00 bits per heavy atom. The van der Waals surface area contributed by atoms with Crippen LogP contribution < -0.4 is 14.8 Å². The summed E-state index contributed by atoms with van der Waals surface area (Å²) < 4.78 is 15.7. The zero-order chi connectivity index (χ0) is 20.9. The van der Waals surface area contributed by atoms with Gasteiger partial charge in [-0.15, -0.1) is 0 Å². The zero-order valence-electron chi connectivity index (χ0n) is 16.9. The van der Waals surface area contributed by atoms with Crippen LogP contribution in [0.25, 0.3) is 11.5 Å². The van der Waals surface area contributed by atoms with E-state index in [0.29, 0.717) is 36.2 Å². The van der Waals surface area contributed by atoms with E-state index in [1.807, 2.05) is 30.3 Å². The maximum Gasteiger partial charge on any atom is 0.257 e. The molecule has 1 aliphatic heterocycles. The van der Waals surface area contributed by atoms with Crippen LogP contribution in [0.2, 0.25) is 0 Å². The fourth-order valence-corrected chi connectivity index (χ4v) is 3.44. The number of ether oxygens (including phenoxy) is 2. The number of carbonyl (C=O) groups excluding carboxylic acids is 1. The van der Waals surface area contributed by atoms with Crippen molar-refractivity contribution in [1.29, 1.82) is 0 Å². The van der Waals surface area contributed by atoms with Crippen LogP contribution in [0.5, 0.6) is 11.8 Å². The number of benzene rings is 1. The van der Waals surface area contributed by atoms with Crippen LogP contribution in [0.1, 0.15) is 22.6 Å². The van der Waals surface area contributed by atoms with E-state index in [2.05, 4.69) is 25.3 Å². The minimum Gasteiger partial charge on any atom is -0.481 e. The van der Waals surface area contributed by atoms with Crippen molar-refractivity contribution in [2.45, 2.75) is 19.0 Å². The molecular formula is C21H23N5O4. The molecule has 9 nitrogen and oxygen atoms in total. The highest BCUT2D eigenvalue weighted by Gasteiger charge is 2.26. The number of rotatable bonds is 7. The lowest BCUT2D eigenvalue weighted by Crippen LogP contribution is -2.37. The molecule has 9 heteroatoms. The Morgan fingerprint density at radius 1 is 1.17 bits per heavy atom. The standard InChI is InChI=1S/C21H23N5O4/c1-28-18-9-8-16(21(24-18)29-2)19(27)22-15-10-11-26(12-15)13-17-23-20(30-25-17)14-6-4-3-5-7-14/h3-9,15H,10-13H2,1-2H3,(H,22,27)/t15-/m1/s1. The molecule has 0 unspecified atom stereocenters. The topological polar surface area (TPSA) is 103 Å². The van der Waals surface area contributed by atoms with Gasteiger partial charge in [-0.3, -0.25) is 9.69 Å². The molecule has 1 N–H and O–H groups in total. The van der Waals surface area contributed by atoms with E-state index in [-0.39, 0.29) is 17.8 Å². The van der Waals surface area contributed by atoms with E-state index in [9.17, 15) is 4.79 Å². The summed E-state index contributed by atoms with van der Waals surface area (Å²) >= 11 is 0. The van der Waals surface area contributed by atoms with E-state index in [0.717, 1.165) is 18.5 Å². The van der Waals surface area contributed by atoms with Crippen molar-refractivity contribution in [2.24, 2.45) is 0 Å². The van der Waals surface area contributed by atoms with Crippen molar-refractivity contribution >= 4 is 5.91 Å². The summed E-state index contributed by atoms with van der Waals surface area (Å²) in [5.74, 6) is 1.54. The molecule has 0 aliphatic carbocycles. The number of carbonyl (C=O) groups is 1. The maximum absolute atomic E-state index is 12.7. The van der Waals surface area contributed by atoms with Crippen LogP contribution in [-0.2, 0) is 6.54 Å². The molecule has 3 aromatic rings. The van der Waals surface area contributed by atoms with Gasteiger partial charge >= 0.3 is 0 Å². The third-order valence-corrected chi connectivity index (χ3v) is 4.94. The smallest absolute Gasteiger partial charge is 0.257 e. The fourth-order valence-electron chi connectivity index (χ4n) is 3.44. The molecule has 1 aromatic carbocycles. The van der Waals surface area contributed by atoms with Crippen molar-refractivity contribution < 1.29 is 18.8 Å². The molecule has 0 bridgehead atoms. The molecule has 1 fully saturated rings. The Balaban J connectivity index is 1.34. The van der Waals surface area contributed by atoms with Gasteiger partial charge in [-0.05, 0) is 24.6 Å². The second kappa shape index (κ2) is 8.91. The molecule has 156 valence electrons. The molecule has 1 aliphatic rings. The van der Waals surface area contributed by atoms with Gasteiger partial charge in [-0.2, -0.15) is 9.97 Å². The molecule has 30 heavy (non-hydrogen) atoms. The Labute approximate surface area is 174 Å². The summed E-state index contributed by atoms with van der Waals surface area (Å²) in [5.41, 5.74) is 1.27. The number of hydrogen-bond donors (Lipinski definition) is 1. The molecule has 0 radical (unpaired) electrons. The molecule has 1 amide bonds. The third-order valence-electron chi connectivity index (χ3n) is 4.94. The highest BCUT2D eigenvalue weighted by Crippen LogP contribution is 2.21. The minimum absolute atomic E-state index is 0.0183. The lowest BCUT2D eigenvalue weighted by molar-refractivity contribution is 0.0933. The molecule has 0 spiro atoms. The number of nitrogens with one attached hydrogen (secondary N) is 1. The van der Waals surface area contributed by atoms with Gasteiger partial charge in [0.2, 0.25) is 11.8 Å². The quantitative estimate of drug-likeness (QED) is 0.633. The molecule has 0 saturated carbocycles. The van der Waals surface area contributed by atoms with E-state index in [1.54, 1.807) is 12.1 Å². The molecule has 1 atom stereocenters. The van der Waals surface area contributed by atoms with E-state index >= 15 is 0 Å². The summed E-state index contributed by atoms with van der Waals surface area (Å²) in [6.07, 6.45) is 0.834. The SMILES string of the molecule is COc1ccc(C(=O)N[C@@H]2CCN(Cc3noc(-c4ccccc4)n3)C2)c(OC)n1. The Bertz CT molecular complexity index is 1010. The highest BCUT2D eigenvalue weighted by molar-refractivity contribution is 5.96. The van der Waals surface area contributed by atoms with Gasteiger partial charge in [0.15, 0.2) is 5.82 Å². The fraction of sp³-hybridized carbons (Fsp3) is 0.333. The number of hydrogen-bond acceptors (Lipinski definition) is 8. The van der Waals surface area contributed by atoms with Gasteiger partial charge in [0, 0.05) is 30.8 Å². The predicted octanol–water partition coefficient (Wildman–Crippen LogP) is 2.15. The number of amides is 1. The number of pyridine rings is 1. The first-order valence-corrected chi connectivity index (χ1v) is 9.66. The van der Waals surface area contributed by atoms with Crippen molar-refractivity contribution in [1.82, 2.24) is 25.3 Å². The summed E-state index contributed by atoms with van der Waals surface area (Å²) in [6.45, 7) is 2.10. The van der Waals surface area contributed by atoms with Gasteiger partial charge in [0.25, 0.3) is 11.8 Å². The molecular weight excluding hydrogens is 386 g/mol. The zero-order valence-corrected chi connectivity index (χ0v) is 16.9. The van der Waals surface area contributed by atoms with Gasteiger partial charge in [0.05, 0.1) is 20.8 Å². The van der Waals surface area contributed by atoms with E-state index < -0.39 is 0 Å². The average Bonchev–Trinajstić information content (AvgIpc) is 3.43. The van der Waals surface area contributed by atoms with E-state index in [4.69, 9.17) is 14.0 Å².